The largest absolute Gasteiger partial charge is 0.386 e. The number of nitrogens with one attached hydrogen (secondary N) is 1. The van der Waals surface area contributed by atoms with Gasteiger partial charge in [0.2, 0.25) is 5.82 Å². The van der Waals surface area contributed by atoms with Gasteiger partial charge in [-0.05, 0) is 43.5 Å². The van der Waals surface area contributed by atoms with Crippen molar-refractivity contribution in [2.45, 2.75) is 44.1 Å². The molecule has 1 fully saturated rings. The zero-order valence-corrected chi connectivity index (χ0v) is 15.8. The van der Waals surface area contributed by atoms with Crippen molar-refractivity contribution in [1.29, 1.82) is 0 Å². The van der Waals surface area contributed by atoms with E-state index >= 15 is 0 Å². The van der Waals surface area contributed by atoms with Crippen LogP contribution in [-0.4, -0.2) is 40.3 Å². The Labute approximate surface area is 161 Å². The molecule has 0 aliphatic heterocycles. The average Bonchev–Trinajstić information content (AvgIpc) is 3.31. The van der Waals surface area contributed by atoms with E-state index in [-0.39, 0.29) is 5.41 Å². The lowest BCUT2D eigenvalue weighted by Gasteiger charge is -2.41. The Kier molecular flexibility index (Phi) is 3.60. The highest BCUT2D eigenvalue weighted by molar-refractivity contribution is 5.56. The van der Waals surface area contributed by atoms with Gasteiger partial charge in [-0.25, -0.2) is 0 Å². The van der Waals surface area contributed by atoms with E-state index in [1.54, 1.807) is 13.8 Å². The summed E-state index contributed by atoms with van der Waals surface area (Å²) in [6.45, 7) is 3.54. The zero-order valence-electron chi connectivity index (χ0n) is 15.8. The van der Waals surface area contributed by atoms with Gasteiger partial charge < -0.3 is 5.11 Å². The first-order chi connectivity index (χ1) is 13.5. The lowest BCUT2D eigenvalue weighted by Crippen LogP contribution is -2.37. The fourth-order valence-electron chi connectivity index (χ4n) is 4.11. The molecule has 5 rings (SSSR count). The standard InChI is InChI=1S/C20H21N7O/c1-19(2,28)15-5-3-12-27-17(15)23-24-18(27)20(10-4-11-20)14-8-6-13(7-9-14)16-21-25-26-22-16/h3,5-9,12,28H,4,10-11H2,1-2H3,(H,21,22,25,26). The fourth-order valence-corrected chi connectivity index (χ4v) is 4.11. The Balaban J connectivity index is 1.61. The van der Waals surface area contributed by atoms with Crippen molar-refractivity contribution >= 4 is 5.65 Å². The van der Waals surface area contributed by atoms with Crippen molar-refractivity contribution in [3.05, 3.63) is 59.5 Å². The van der Waals surface area contributed by atoms with Crippen LogP contribution in [0.1, 0.15) is 50.1 Å². The summed E-state index contributed by atoms with van der Waals surface area (Å²) in [5.74, 6) is 1.50. The lowest BCUT2D eigenvalue weighted by molar-refractivity contribution is 0.0796. The predicted molar refractivity (Wildman–Crippen MR) is 102 cm³/mol. The number of benzene rings is 1. The Hall–Kier alpha value is -3.13. The molecule has 0 saturated heterocycles. The Bertz CT molecular complexity index is 1120. The van der Waals surface area contributed by atoms with Crippen LogP contribution >= 0.6 is 0 Å². The van der Waals surface area contributed by atoms with Crippen molar-refractivity contribution in [2.75, 3.05) is 0 Å². The van der Waals surface area contributed by atoms with Gasteiger partial charge in [0.05, 0.1) is 11.0 Å². The molecular weight excluding hydrogens is 354 g/mol. The topological polar surface area (TPSA) is 105 Å². The number of nitrogens with zero attached hydrogens (tertiary/aromatic N) is 6. The van der Waals surface area contributed by atoms with Gasteiger partial charge in [0.1, 0.15) is 5.82 Å². The van der Waals surface area contributed by atoms with Crippen LogP contribution in [0.25, 0.3) is 17.0 Å². The van der Waals surface area contributed by atoms with Gasteiger partial charge in [-0.15, -0.1) is 20.4 Å². The maximum atomic E-state index is 10.5. The van der Waals surface area contributed by atoms with Crippen molar-refractivity contribution in [3.63, 3.8) is 0 Å². The molecule has 0 amide bonds. The van der Waals surface area contributed by atoms with Crippen LogP contribution in [0.4, 0.5) is 0 Å². The third kappa shape index (κ3) is 2.45. The van der Waals surface area contributed by atoms with Crippen molar-refractivity contribution < 1.29 is 5.11 Å². The average molecular weight is 375 g/mol. The molecule has 1 aromatic carbocycles. The van der Waals surface area contributed by atoms with E-state index in [0.717, 1.165) is 36.2 Å². The first kappa shape index (κ1) is 17.0. The number of pyridine rings is 1. The highest BCUT2D eigenvalue weighted by Gasteiger charge is 2.44. The van der Waals surface area contributed by atoms with Crippen LogP contribution in [0.15, 0.2) is 42.6 Å². The molecule has 3 aromatic heterocycles. The third-order valence-electron chi connectivity index (χ3n) is 5.77. The van der Waals surface area contributed by atoms with Gasteiger partial charge in [-0.3, -0.25) is 4.40 Å². The highest BCUT2D eigenvalue weighted by Crippen LogP contribution is 2.48. The van der Waals surface area contributed by atoms with Gasteiger partial charge in [0.15, 0.2) is 5.65 Å². The van der Waals surface area contributed by atoms with Crippen LogP contribution in [0.3, 0.4) is 0 Å². The number of aromatic amines is 1. The Morgan fingerprint density at radius 1 is 1.07 bits per heavy atom. The van der Waals surface area contributed by atoms with Gasteiger partial charge in [-0.1, -0.05) is 36.8 Å². The van der Waals surface area contributed by atoms with Gasteiger partial charge in [0.25, 0.3) is 0 Å². The van der Waals surface area contributed by atoms with Gasteiger partial charge in [-0.2, -0.15) is 5.21 Å². The number of aromatic nitrogens is 7. The second kappa shape index (κ2) is 5.93. The monoisotopic (exact) mass is 375 g/mol. The molecule has 1 saturated carbocycles. The molecule has 0 unspecified atom stereocenters. The highest BCUT2D eigenvalue weighted by atomic mass is 16.3. The summed E-state index contributed by atoms with van der Waals surface area (Å²) in [5, 5.41) is 33.7. The molecule has 0 radical (unpaired) electrons. The fraction of sp³-hybridized carbons (Fsp3) is 0.350. The first-order valence-electron chi connectivity index (χ1n) is 9.40. The predicted octanol–water partition coefficient (Wildman–Crippen LogP) is 2.61. The molecule has 3 heterocycles. The maximum absolute atomic E-state index is 10.5. The van der Waals surface area contributed by atoms with E-state index in [1.165, 1.54) is 5.56 Å². The number of rotatable bonds is 4. The molecule has 0 atom stereocenters. The normalized spacial score (nSPS) is 16.2. The number of tetrazole rings is 1. The molecule has 0 bridgehead atoms. The molecule has 1 aliphatic carbocycles. The van der Waals surface area contributed by atoms with Crippen LogP contribution in [0.5, 0.6) is 0 Å². The molecule has 0 spiro atoms. The minimum atomic E-state index is -0.980. The van der Waals surface area contributed by atoms with Crippen molar-refractivity contribution in [3.8, 4) is 11.4 Å². The van der Waals surface area contributed by atoms with Gasteiger partial charge in [0, 0.05) is 17.3 Å². The maximum Gasteiger partial charge on any atom is 0.204 e. The molecule has 1 aliphatic rings. The summed E-state index contributed by atoms with van der Waals surface area (Å²) >= 11 is 0. The third-order valence-corrected chi connectivity index (χ3v) is 5.77. The summed E-state index contributed by atoms with van der Waals surface area (Å²) < 4.78 is 2.03. The van der Waals surface area contributed by atoms with Crippen LogP contribution in [0, 0.1) is 0 Å². The second-order valence-electron chi connectivity index (χ2n) is 7.95. The molecule has 8 nitrogen and oxygen atoms in total. The van der Waals surface area contributed by atoms with Crippen molar-refractivity contribution in [2.24, 2.45) is 0 Å². The van der Waals surface area contributed by atoms with E-state index in [0.29, 0.717) is 11.5 Å². The minimum absolute atomic E-state index is 0.173. The molecule has 2 N–H and O–H groups in total. The molecule has 8 heteroatoms. The summed E-state index contributed by atoms with van der Waals surface area (Å²) in [7, 11) is 0. The Morgan fingerprint density at radius 3 is 2.46 bits per heavy atom. The quantitative estimate of drug-likeness (QED) is 0.568. The van der Waals surface area contributed by atoms with Crippen LogP contribution in [0.2, 0.25) is 0 Å². The first-order valence-corrected chi connectivity index (χ1v) is 9.40. The van der Waals surface area contributed by atoms with Crippen molar-refractivity contribution in [1.82, 2.24) is 35.2 Å². The van der Waals surface area contributed by atoms with E-state index < -0.39 is 5.60 Å². The smallest absolute Gasteiger partial charge is 0.204 e. The van der Waals surface area contributed by atoms with E-state index in [9.17, 15) is 5.11 Å². The van der Waals surface area contributed by atoms with Crippen LogP contribution < -0.4 is 0 Å². The summed E-state index contributed by atoms with van der Waals surface area (Å²) in [5.41, 5.74) is 2.45. The Morgan fingerprint density at radius 2 is 1.86 bits per heavy atom. The zero-order chi connectivity index (χ0) is 19.4. The van der Waals surface area contributed by atoms with E-state index in [4.69, 9.17) is 0 Å². The SMILES string of the molecule is CC(C)(O)c1cccn2c(C3(c4ccc(-c5nn[nH]n5)cc4)CCC3)nnc12. The number of hydrogen-bond acceptors (Lipinski definition) is 6. The molecule has 4 aromatic rings. The number of aliphatic hydroxyl groups is 1. The lowest BCUT2D eigenvalue weighted by atomic mass is 9.63. The second-order valence-corrected chi connectivity index (χ2v) is 7.95. The number of fused-ring (bicyclic) bond motifs is 1. The molecule has 142 valence electrons. The number of hydrogen-bond donors (Lipinski definition) is 2. The van der Waals surface area contributed by atoms with Gasteiger partial charge >= 0.3 is 0 Å². The van der Waals surface area contributed by atoms with Crippen LogP contribution in [-0.2, 0) is 11.0 Å². The minimum Gasteiger partial charge on any atom is -0.386 e. The number of H-pyrrole nitrogens is 1. The summed E-state index contributed by atoms with van der Waals surface area (Å²) in [6.07, 6.45) is 5.16. The molecular formula is C20H21N7O. The molecule has 28 heavy (non-hydrogen) atoms. The van der Waals surface area contributed by atoms with E-state index in [2.05, 4.69) is 43.0 Å². The van der Waals surface area contributed by atoms with E-state index in [1.807, 2.05) is 34.9 Å². The summed E-state index contributed by atoms with van der Waals surface area (Å²) in [4.78, 5) is 0. The summed E-state index contributed by atoms with van der Waals surface area (Å²) in [6, 6.07) is 12.1.